The average Bonchev–Trinajstić information content (AvgIpc) is 3.41. The van der Waals surface area contributed by atoms with Crippen LogP contribution in [-0.4, -0.2) is 21.6 Å². The van der Waals surface area contributed by atoms with Crippen LogP contribution < -0.4 is 4.74 Å². The number of nitrogens with zero attached hydrogens (tertiary/aromatic N) is 3. The minimum Gasteiger partial charge on any atom is -0.497 e. The second-order valence-corrected chi connectivity index (χ2v) is 7.95. The fourth-order valence-electron chi connectivity index (χ4n) is 3.36. The predicted octanol–water partition coefficient (Wildman–Crippen LogP) is 6.13. The minimum atomic E-state index is 0.854. The van der Waals surface area contributed by atoms with Crippen LogP contribution in [0.15, 0.2) is 79.3 Å². The Labute approximate surface area is 173 Å². The molecule has 142 valence electrons. The number of fused-ring (bicyclic) bond motifs is 1. The lowest BCUT2D eigenvalue weighted by atomic mass is 10.1. The van der Waals surface area contributed by atoms with Crippen molar-refractivity contribution in [3.63, 3.8) is 0 Å². The zero-order valence-electron chi connectivity index (χ0n) is 16.2. The number of benzene rings is 3. The van der Waals surface area contributed by atoms with E-state index < -0.39 is 0 Å². The van der Waals surface area contributed by atoms with Crippen molar-refractivity contribution in [2.24, 2.45) is 0 Å². The summed E-state index contributed by atoms with van der Waals surface area (Å²) in [5, 5.41) is 1.00. The Kier molecular flexibility index (Phi) is 4.37. The standard InChI is InChI=1S/C24H19N3OS/c1-16-3-5-17(6-4-16)22-14-25-15-27(22)19-9-7-18(8-10-19)24-26-21-12-11-20(28-2)13-23(21)29-24/h3-15H,1-2H3. The molecule has 0 atom stereocenters. The van der Waals surface area contributed by atoms with Gasteiger partial charge in [0, 0.05) is 16.8 Å². The number of thiazole rings is 1. The molecular formula is C24H19N3OS. The van der Waals surface area contributed by atoms with Crippen molar-refractivity contribution in [2.75, 3.05) is 7.11 Å². The van der Waals surface area contributed by atoms with Gasteiger partial charge in [0.2, 0.25) is 0 Å². The minimum absolute atomic E-state index is 0.854. The maximum absolute atomic E-state index is 5.32. The summed E-state index contributed by atoms with van der Waals surface area (Å²) in [7, 11) is 1.68. The molecule has 5 aromatic rings. The first-order valence-corrected chi connectivity index (χ1v) is 10.2. The molecule has 0 saturated carbocycles. The topological polar surface area (TPSA) is 39.9 Å². The Hall–Kier alpha value is -3.44. The van der Waals surface area contributed by atoms with Gasteiger partial charge in [-0.15, -0.1) is 11.3 Å². The van der Waals surface area contributed by atoms with Gasteiger partial charge in [-0.3, -0.25) is 4.57 Å². The Morgan fingerprint density at radius 3 is 2.41 bits per heavy atom. The lowest BCUT2D eigenvalue weighted by Gasteiger charge is -2.09. The van der Waals surface area contributed by atoms with Gasteiger partial charge in [0.15, 0.2) is 0 Å². The average molecular weight is 398 g/mol. The summed E-state index contributed by atoms with van der Waals surface area (Å²) in [6.45, 7) is 2.10. The van der Waals surface area contributed by atoms with E-state index in [4.69, 9.17) is 9.72 Å². The summed E-state index contributed by atoms with van der Waals surface area (Å²) in [5.41, 5.74) is 6.64. The van der Waals surface area contributed by atoms with Crippen LogP contribution in [0.1, 0.15) is 5.56 Å². The zero-order valence-corrected chi connectivity index (χ0v) is 17.0. The highest BCUT2D eigenvalue weighted by Crippen LogP contribution is 2.33. The number of aromatic nitrogens is 3. The summed E-state index contributed by atoms with van der Waals surface area (Å²) in [5.74, 6) is 0.854. The summed E-state index contributed by atoms with van der Waals surface area (Å²) >= 11 is 1.67. The molecule has 5 heteroatoms. The van der Waals surface area contributed by atoms with Crippen LogP contribution >= 0.6 is 11.3 Å². The molecular weight excluding hydrogens is 378 g/mol. The Balaban J connectivity index is 1.48. The van der Waals surface area contributed by atoms with Crippen LogP contribution in [0, 0.1) is 6.92 Å². The van der Waals surface area contributed by atoms with E-state index in [2.05, 4.69) is 65.0 Å². The van der Waals surface area contributed by atoms with Gasteiger partial charge >= 0.3 is 0 Å². The van der Waals surface area contributed by atoms with Crippen molar-refractivity contribution in [3.8, 4) is 33.3 Å². The number of ether oxygens (including phenoxy) is 1. The third kappa shape index (κ3) is 3.30. The van der Waals surface area contributed by atoms with E-state index in [1.807, 2.05) is 30.7 Å². The number of rotatable bonds is 4. The number of aryl methyl sites for hydroxylation is 1. The van der Waals surface area contributed by atoms with E-state index in [1.54, 1.807) is 18.4 Å². The molecule has 0 aliphatic rings. The molecule has 0 radical (unpaired) electrons. The number of hydrogen-bond acceptors (Lipinski definition) is 4. The number of methoxy groups -OCH3 is 1. The quantitative estimate of drug-likeness (QED) is 0.366. The van der Waals surface area contributed by atoms with Gasteiger partial charge in [-0.05, 0) is 49.4 Å². The first-order chi connectivity index (χ1) is 14.2. The van der Waals surface area contributed by atoms with Crippen LogP contribution in [-0.2, 0) is 0 Å². The summed E-state index contributed by atoms with van der Waals surface area (Å²) in [6.07, 6.45) is 3.76. The van der Waals surface area contributed by atoms with Gasteiger partial charge in [-0.25, -0.2) is 9.97 Å². The normalized spacial score (nSPS) is 11.1. The van der Waals surface area contributed by atoms with E-state index in [9.17, 15) is 0 Å². The Morgan fingerprint density at radius 2 is 1.66 bits per heavy atom. The van der Waals surface area contributed by atoms with Gasteiger partial charge in [-0.2, -0.15) is 0 Å². The highest BCUT2D eigenvalue weighted by Gasteiger charge is 2.10. The second kappa shape index (κ2) is 7.18. The highest BCUT2D eigenvalue weighted by atomic mass is 32.1. The van der Waals surface area contributed by atoms with Crippen LogP contribution in [0.5, 0.6) is 5.75 Å². The van der Waals surface area contributed by atoms with Gasteiger partial charge < -0.3 is 4.74 Å². The molecule has 0 aliphatic heterocycles. The van der Waals surface area contributed by atoms with Gasteiger partial charge in [0.1, 0.15) is 10.8 Å². The first-order valence-electron chi connectivity index (χ1n) is 9.36. The molecule has 0 amide bonds. The lowest BCUT2D eigenvalue weighted by molar-refractivity contribution is 0.415. The van der Waals surface area contributed by atoms with E-state index in [0.717, 1.165) is 43.5 Å². The molecule has 29 heavy (non-hydrogen) atoms. The second-order valence-electron chi connectivity index (χ2n) is 6.91. The molecule has 0 bridgehead atoms. The fraction of sp³-hybridized carbons (Fsp3) is 0.0833. The predicted molar refractivity (Wildman–Crippen MR) is 119 cm³/mol. The third-order valence-electron chi connectivity index (χ3n) is 4.97. The smallest absolute Gasteiger partial charge is 0.124 e. The Bertz CT molecular complexity index is 1280. The van der Waals surface area contributed by atoms with Crippen LogP contribution in [0.25, 0.3) is 37.7 Å². The third-order valence-corrected chi connectivity index (χ3v) is 6.04. The van der Waals surface area contributed by atoms with Crippen molar-refractivity contribution >= 4 is 21.6 Å². The SMILES string of the molecule is COc1ccc2nc(-c3ccc(-n4cncc4-c4ccc(C)cc4)cc3)sc2c1. The Morgan fingerprint density at radius 1 is 0.897 bits per heavy atom. The molecule has 0 fully saturated rings. The molecule has 4 nitrogen and oxygen atoms in total. The van der Waals surface area contributed by atoms with Crippen molar-refractivity contribution in [1.82, 2.24) is 14.5 Å². The van der Waals surface area contributed by atoms with Crippen LogP contribution in [0.2, 0.25) is 0 Å². The molecule has 0 saturated heterocycles. The van der Waals surface area contributed by atoms with E-state index >= 15 is 0 Å². The zero-order chi connectivity index (χ0) is 19.8. The lowest BCUT2D eigenvalue weighted by Crippen LogP contribution is -1.95. The van der Waals surface area contributed by atoms with Gasteiger partial charge in [-0.1, -0.05) is 29.8 Å². The van der Waals surface area contributed by atoms with Crippen LogP contribution in [0.3, 0.4) is 0 Å². The molecule has 2 heterocycles. The summed E-state index contributed by atoms with van der Waals surface area (Å²) in [4.78, 5) is 9.13. The molecule has 5 rings (SSSR count). The highest BCUT2D eigenvalue weighted by molar-refractivity contribution is 7.21. The first kappa shape index (κ1) is 17.6. The molecule has 0 N–H and O–H groups in total. The van der Waals surface area contributed by atoms with E-state index in [1.165, 1.54) is 5.56 Å². The molecule has 0 unspecified atom stereocenters. The maximum atomic E-state index is 5.32. The maximum Gasteiger partial charge on any atom is 0.124 e. The van der Waals surface area contributed by atoms with Crippen LogP contribution in [0.4, 0.5) is 0 Å². The van der Waals surface area contributed by atoms with Crippen molar-refractivity contribution < 1.29 is 4.74 Å². The molecule has 0 aliphatic carbocycles. The molecule has 0 spiro atoms. The summed E-state index contributed by atoms with van der Waals surface area (Å²) < 4.78 is 8.55. The fourth-order valence-corrected chi connectivity index (χ4v) is 4.36. The largest absolute Gasteiger partial charge is 0.497 e. The molecule has 2 aromatic heterocycles. The number of hydrogen-bond donors (Lipinski definition) is 0. The van der Waals surface area contributed by atoms with Crippen molar-refractivity contribution in [1.29, 1.82) is 0 Å². The number of imidazole rings is 1. The van der Waals surface area contributed by atoms with Gasteiger partial charge in [0.25, 0.3) is 0 Å². The monoisotopic (exact) mass is 397 g/mol. The van der Waals surface area contributed by atoms with Gasteiger partial charge in [0.05, 0.1) is 35.5 Å². The molecule has 3 aromatic carbocycles. The van der Waals surface area contributed by atoms with E-state index in [-0.39, 0.29) is 0 Å². The van der Waals surface area contributed by atoms with E-state index in [0.29, 0.717) is 0 Å². The summed E-state index contributed by atoms with van der Waals surface area (Å²) in [6, 6.07) is 22.9. The van der Waals surface area contributed by atoms with Crippen molar-refractivity contribution in [2.45, 2.75) is 6.92 Å². The van der Waals surface area contributed by atoms with Crippen molar-refractivity contribution in [3.05, 3.63) is 84.8 Å².